The lowest BCUT2D eigenvalue weighted by Gasteiger charge is -2.20. The molecule has 0 amide bonds. The number of carboxylic acids is 1. The summed E-state index contributed by atoms with van der Waals surface area (Å²) in [6.45, 7) is 3.69. The molecule has 0 radical (unpaired) electrons. The highest BCUT2D eigenvalue weighted by Crippen LogP contribution is 2.31. The number of carboxylic acid groups (broad SMARTS) is 1. The van der Waals surface area contributed by atoms with Crippen molar-refractivity contribution in [1.82, 2.24) is 9.97 Å². The van der Waals surface area contributed by atoms with Gasteiger partial charge in [0.1, 0.15) is 5.82 Å². The SMILES string of the molecule is CC(C)c1nc(N(C)S(C)(=O)=O)nc(-c2ccc(F)cc2)c1/C=C/[C@H](O)C[C@@H](O)CC(=O)[O-]. The minimum absolute atomic E-state index is 0.0670. The topological polar surface area (TPSA) is 144 Å². The molecular weight excluding hydrogens is 453 g/mol. The summed E-state index contributed by atoms with van der Waals surface area (Å²) >= 11 is 0. The van der Waals surface area contributed by atoms with Gasteiger partial charge in [0.25, 0.3) is 0 Å². The molecule has 0 saturated heterocycles. The Kier molecular flexibility index (Phi) is 8.64. The molecule has 33 heavy (non-hydrogen) atoms. The fourth-order valence-electron chi connectivity index (χ4n) is 3.04. The molecule has 11 heteroatoms. The Morgan fingerprint density at radius 2 is 1.82 bits per heavy atom. The Hall–Kier alpha value is -2.89. The van der Waals surface area contributed by atoms with Crippen LogP contribution in [0.25, 0.3) is 17.3 Å². The molecule has 0 saturated carbocycles. The van der Waals surface area contributed by atoms with Gasteiger partial charge < -0.3 is 20.1 Å². The van der Waals surface area contributed by atoms with Crippen molar-refractivity contribution in [1.29, 1.82) is 0 Å². The Morgan fingerprint density at radius 1 is 1.21 bits per heavy atom. The van der Waals surface area contributed by atoms with Crippen LogP contribution in [0, 0.1) is 5.82 Å². The first-order chi connectivity index (χ1) is 15.3. The molecule has 0 bridgehead atoms. The lowest BCUT2D eigenvalue weighted by molar-refractivity contribution is -0.307. The van der Waals surface area contributed by atoms with Gasteiger partial charge >= 0.3 is 0 Å². The largest absolute Gasteiger partial charge is 0.550 e. The van der Waals surface area contributed by atoms with Crippen molar-refractivity contribution >= 4 is 28.0 Å². The smallest absolute Gasteiger partial charge is 0.239 e. The number of halogens is 1. The average molecular weight is 481 g/mol. The van der Waals surface area contributed by atoms with E-state index in [9.17, 15) is 32.9 Å². The highest BCUT2D eigenvalue weighted by Gasteiger charge is 2.22. The third kappa shape index (κ3) is 7.31. The van der Waals surface area contributed by atoms with E-state index in [1.165, 1.54) is 43.5 Å². The van der Waals surface area contributed by atoms with E-state index in [4.69, 9.17) is 0 Å². The molecule has 0 unspecified atom stereocenters. The fourth-order valence-corrected chi connectivity index (χ4v) is 3.41. The lowest BCUT2D eigenvalue weighted by Crippen LogP contribution is -2.29. The third-order valence-corrected chi connectivity index (χ3v) is 5.97. The summed E-state index contributed by atoms with van der Waals surface area (Å²) in [6, 6.07) is 5.46. The number of carbonyl (C=O) groups excluding carboxylic acids is 1. The van der Waals surface area contributed by atoms with Gasteiger partial charge in [-0.1, -0.05) is 26.0 Å². The maximum Gasteiger partial charge on any atom is 0.239 e. The van der Waals surface area contributed by atoms with Gasteiger partial charge in [-0.15, -0.1) is 0 Å². The Morgan fingerprint density at radius 3 is 2.33 bits per heavy atom. The summed E-state index contributed by atoms with van der Waals surface area (Å²) in [6.07, 6.45) is 0.578. The van der Waals surface area contributed by atoms with Crippen molar-refractivity contribution in [2.45, 2.75) is 44.8 Å². The van der Waals surface area contributed by atoms with Crippen molar-refractivity contribution in [2.75, 3.05) is 17.6 Å². The van der Waals surface area contributed by atoms with Gasteiger partial charge in [0.05, 0.1) is 29.9 Å². The highest BCUT2D eigenvalue weighted by molar-refractivity contribution is 7.92. The second-order valence-electron chi connectivity index (χ2n) is 7.96. The summed E-state index contributed by atoms with van der Waals surface area (Å²) in [7, 11) is -2.34. The van der Waals surface area contributed by atoms with Crippen LogP contribution in [0.3, 0.4) is 0 Å². The number of sulfonamides is 1. The summed E-state index contributed by atoms with van der Waals surface area (Å²) in [5.74, 6) is -2.14. The van der Waals surface area contributed by atoms with Crippen LogP contribution in [0.4, 0.5) is 10.3 Å². The first-order valence-electron chi connectivity index (χ1n) is 10.2. The van der Waals surface area contributed by atoms with E-state index in [0.717, 1.165) is 10.6 Å². The number of aromatic nitrogens is 2. The van der Waals surface area contributed by atoms with Crippen LogP contribution < -0.4 is 9.41 Å². The molecule has 2 aromatic rings. The Labute approximate surface area is 192 Å². The molecule has 1 aromatic heterocycles. The number of hydrogen-bond donors (Lipinski definition) is 2. The monoisotopic (exact) mass is 480 g/mol. The van der Waals surface area contributed by atoms with E-state index < -0.39 is 40.4 Å². The number of aliphatic carboxylic acids is 1. The van der Waals surface area contributed by atoms with Gasteiger partial charge in [-0.05, 0) is 30.2 Å². The molecule has 180 valence electrons. The number of anilines is 1. The fraction of sp³-hybridized carbons (Fsp3) is 0.409. The summed E-state index contributed by atoms with van der Waals surface area (Å²) < 4.78 is 38.6. The molecule has 0 spiro atoms. The lowest BCUT2D eigenvalue weighted by atomic mass is 9.97. The first kappa shape index (κ1) is 26.4. The van der Waals surface area contributed by atoms with Crippen molar-refractivity contribution in [3.05, 3.63) is 47.4 Å². The molecular formula is C22H27FN3O6S-. The minimum atomic E-state index is -3.66. The number of nitrogens with zero attached hydrogens (tertiary/aromatic N) is 3. The molecule has 0 aliphatic carbocycles. The van der Waals surface area contributed by atoms with Gasteiger partial charge in [0.15, 0.2) is 0 Å². The van der Waals surface area contributed by atoms with Crippen LogP contribution >= 0.6 is 0 Å². The maximum absolute atomic E-state index is 13.5. The van der Waals surface area contributed by atoms with E-state index in [1.54, 1.807) is 0 Å². The zero-order chi connectivity index (χ0) is 24.9. The van der Waals surface area contributed by atoms with E-state index in [-0.39, 0.29) is 18.3 Å². The quantitative estimate of drug-likeness (QED) is 0.514. The Balaban J connectivity index is 2.61. The van der Waals surface area contributed by atoms with Crippen LogP contribution in [0.15, 0.2) is 30.3 Å². The van der Waals surface area contributed by atoms with Crippen LogP contribution in [0.2, 0.25) is 0 Å². The van der Waals surface area contributed by atoms with Crippen molar-refractivity contribution in [3.8, 4) is 11.3 Å². The van der Waals surface area contributed by atoms with Gasteiger partial charge in [0.2, 0.25) is 16.0 Å². The van der Waals surface area contributed by atoms with Crippen molar-refractivity contribution in [3.63, 3.8) is 0 Å². The molecule has 1 heterocycles. The van der Waals surface area contributed by atoms with Gasteiger partial charge in [-0.25, -0.2) is 27.1 Å². The number of rotatable bonds is 10. The molecule has 0 aliphatic rings. The third-order valence-electron chi connectivity index (χ3n) is 4.81. The van der Waals surface area contributed by atoms with Crippen LogP contribution in [-0.2, 0) is 14.8 Å². The molecule has 2 rings (SSSR count). The normalized spacial score (nSPS) is 13.9. The zero-order valence-corrected chi connectivity index (χ0v) is 19.6. The number of hydrogen-bond acceptors (Lipinski definition) is 8. The molecule has 1 aromatic carbocycles. The second-order valence-corrected chi connectivity index (χ2v) is 9.97. The van der Waals surface area contributed by atoms with E-state index in [0.29, 0.717) is 22.5 Å². The number of carbonyl (C=O) groups is 1. The second kappa shape index (κ2) is 10.8. The van der Waals surface area contributed by atoms with Gasteiger partial charge in [0, 0.05) is 37.0 Å². The number of aliphatic hydroxyl groups excluding tert-OH is 2. The summed E-state index contributed by atoms with van der Waals surface area (Å²) in [5, 5.41) is 30.6. The first-order valence-corrected chi connectivity index (χ1v) is 12.0. The Bertz CT molecular complexity index is 1120. The summed E-state index contributed by atoms with van der Waals surface area (Å²) in [4.78, 5) is 19.4. The summed E-state index contributed by atoms with van der Waals surface area (Å²) in [5.41, 5.74) is 1.76. The van der Waals surface area contributed by atoms with Crippen LogP contribution in [0.1, 0.15) is 43.9 Å². The van der Waals surface area contributed by atoms with E-state index >= 15 is 0 Å². The maximum atomic E-state index is 13.5. The van der Waals surface area contributed by atoms with Crippen LogP contribution in [-0.4, -0.2) is 60.1 Å². The van der Waals surface area contributed by atoms with E-state index in [1.807, 2.05) is 13.8 Å². The number of benzene rings is 1. The van der Waals surface area contributed by atoms with E-state index in [2.05, 4.69) is 9.97 Å². The predicted octanol–water partition coefficient (Wildman–Crippen LogP) is 1.07. The van der Waals surface area contributed by atoms with Gasteiger partial charge in [-0.2, -0.15) is 0 Å². The molecule has 0 fully saturated rings. The van der Waals surface area contributed by atoms with Gasteiger partial charge in [-0.3, -0.25) is 0 Å². The average Bonchev–Trinajstić information content (AvgIpc) is 2.70. The highest BCUT2D eigenvalue weighted by atomic mass is 32.2. The van der Waals surface area contributed by atoms with Crippen molar-refractivity contribution in [2.24, 2.45) is 0 Å². The zero-order valence-electron chi connectivity index (χ0n) is 18.8. The molecule has 2 N–H and O–H groups in total. The predicted molar refractivity (Wildman–Crippen MR) is 120 cm³/mol. The van der Waals surface area contributed by atoms with Crippen molar-refractivity contribution < 1.29 is 32.9 Å². The van der Waals surface area contributed by atoms with Crippen LogP contribution in [0.5, 0.6) is 0 Å². The molecule has 0 aliphatic heterocycles. The number of aliphatic hydroxyl groups is 2. The standard InChI is InChI=1S/C22H28FN3O6S/c1-13(2)20-18(10-9-16(27)11-17(28)12-19(29)30)21(14-5-7-15(23)8-6-14)25-22(24-20)26(3)33(4,31)32/h5-10,13,16-17,27-28H,11-12H2,1-4H3,(H,29,30)/p-1/b10-9+/t16-,17+/m0/s1. The molecule has 9 nitrogen and oxygen atoms in total. The minimum Gasteiger partial charge on any atom is -0.550 e. The molecule has 2 atom stereocenters.